The number of hydrogen-bond donors (Lipinski definition) is 1. The van der Waals surface area contributed by atoms with Gasteiger partial charge in [0, 0.05) is 18.8 Å². The van der Waals surface area contributed by atoms with E-state index in [1.165, 1.54) is 16.8 Å². The fraction of sp³-hybridized carbons (Fsp3) is 0.636. The van der Waals surface area contributed by atoms with Gasteiger partial charge >= 0.3 is 5.69 Å². The number of H-pyrrole nitrogens is 1. The Morgan fingerprint density at radius 3 is 2.88 bits per heavy atom. The predicted octanol–water partition coefficient (Wildman–Crippen LogP) is -0.224. The first-order chi connectivity index (χ1) is 8.06. The number of nitrogens with one attached hydrogen (secondary N) is 1. The largest absolute Gasteiger partial charge is 0.353 e. The molecule has 1 aliphatic heterocycles. The minimum atomic E-state index is -0.409. The van der Waals surface area contributed by atoms with E-state index in [9.17, 15) is 9.59 Å². The van der Waals surface area contributed by atoms with Gasteiger partial charge in [-0.3, -0.25) is 14.3 Å². The molecule has 0 radical (unpaired) electrons. The van der Waals surface area contributed by atoms with Crippen molar-refractivity contribution >= 4 is 0 Å². The highest BCUT2D eigenvalue weighted by atomic mass is 16.5. The molecule has 94 valence electrons. The highest BCUT2D eigenvalue weighted by molar-refractivity contribution is 4.86. The maximum absolute atomic E-state index is 11.6. The van der Waals surface area contributed by atoms with Gasteiger partial charge in [-0.1, -0.05) is 0 Å². The van der Waals surface area contributed by atoms with Crippen LogP contribution in [-0.4, -0.2) is 41.2 Å². The van der Waals surface area contributed by atoms with Crippen molar-refractivity contribution < 1.29 is 4.74 Å². The molecule has 1 saturated heterocycles. The van der Waals surface area contributed by atoms with Crippen LogP contribution in [0.1, 0.15) is 19.1 Å². The zero-order chi connectivity index (χ0) is 12.4. The van der Waals surface area contributed by atoms with Crippen LogP contribution < -0.4 is 11.2 Å². The number of likely N-dealkylation sites (N-methyl/N-ethyl adjacent to an activating group) is 1. The molecule has 0 saturated carbocycles. The summed E-state index contributed by atoms with van der Waals surface area (Å²) in [5.41, 5.74) is -0.790. The number of rotatable bonds is 3. The van der Waals surface area contributed by atoms with E-state index in [4.69, 9.17) is 4.74 Å². The van der Waals surface area contributed by atoms with Crippen molar-refractivity contribution in [1.29, 1.82) is 0 Å². The quantitative estimate of drug-likeness (QED) is 0.791. The Morgan fingerprint density at radius 1 is 1.47 bits per heavy atom. The van der Waals surface area contributed by atoms with Crippen molar-refractivity contribution in [2.24, 2.45) is 0 Å². The van der Waals surface area contributed by atoms with Crippen LogP contribution in [0.2, 0.25) is 0 Å². The van der Waals surface area contributed by atoms with Crippen molar-refractivity contribution in [3.63, 3.8) is 0 Å². The molecule has 2 heterocycles. The van der Waals surface area contributed by atoms with Crippen LogP contribution in [0.15, 0.2) is 21.9 Å². The predicted molar refractivity (Wildman–Crippen MR) is 63.0 cm³/mol. The highest BCUT2D eigenvalue weighted by Gasteiger charge is 2.27. The van der Waals surface area contributed by atoms with Gasteiger partial charge in [-0.05, 0) is 26.9 Å². The topological polar surface area (TPSA) is 67.3 Å². The summed E-state index contributed by atoms with van der Waals surface area (Å²) in [5.74, 6) is 0. The number of hydrogen-bond acceptors (Lipinski definition) is 4. The van der Waals surface area contributed by atoms with Crippen molar-refractivity contribution in [2.75, 3.05) is 20.6 Å². The Hall–Kier alpha value is -1.40. The van der Waals surface area contributed by atoms with Crippen LogP contribution >= 0.6 is 0 Å². The zero-order valence-corrected chi connectivity index (χ0v) is 10.0. The summed E-state index contributed by atoms with van der Waals surface area (Å²) in [7, 11) is 3.98. The molecule has 17 heavy (non-hydrogen) atoms. The summed E-state index contributed by atoms with van der Waals surface area (Å²) >= 11 is 0. The smallest absolute Gasteiger partial charge is 0.330 e. The molecule has 1 aliphatic rings. The monoisotopic (exact) mass is 239 g/mol. The molecule has 2 rings (SSSR count). The average molecular weight is 239 g/mol. The Kier molecular flexibility index (Phi) is 3.44. The van der Waals surface area contributed by atoms with E-state index >= 15 is 0 Å². The molecular formula is C11H17N3O3. The normalized spacial score (nSPS) is 24.4. The molecule has 0 aromatic carbocycles. The molecule has 0 aliphatic carbocycles. The van der Waals surface area contributed by atoms with Gasteiger partial charge in [0.05, 0.1) is 6.10 Å². The Balaban J connectivity index is 2.10. The van der Waals surface area contributed by atoms with E-state index in [2.05, 4.69) is 9.88 Å². The summed E-state index contributed by atoms with van der Waals surface area (Å²) in [6.45, 7) is 0.842. The van der Waals surface area contributed by atoms with Gasteiger partial charge in [0.25, 0.3) is 5.56 Å². The zero-order valence-electron chi connectivity index (χ0n) is 10.0. The van der Waals surface area contributed by atoms with Crippen molar-refractivity contribution in [2.45, 2.75) is 25.2 Å². The molecule has 0 bridgehead atoms. The van der Waals surface area contributed by atoms with Crippen LogP contribution in [-0.2, 0) is 4.74 Å². The van der Waals surface area contributed by atoms with Crippen molar-refractivity contribution in [3.05, 3.63) is 33.1 Å². The van der Waals surface area contributed by atoms with Gasteiger partial charge in [-0.2, -0.15) is 0 Å². The Labute approximate surface area is 98.8 Å². The second kappa shape index (κ2) is 4.85. The van der Waals surface area contributed by atoms with Crippen LogP contribution in [0, 0.1) is 0 Å². The molecule has 6 nitrogen and oxygen atoms in total. The molecule has 0 spiro atoms. The molecule has 0 amide bonds. The van der Waals surface area contributed by atoms with E-state index in [0.717, 1.165) is 19.4 Å². The van der Waals surface area contributed by atoms with Crippen molar-refractivity contribution in [3.8, 4) is 0 Å². The van der Waals surface area contributed by atoms with Gasteiger partial charge in [-0.25, -0.2) is 4.79 Å². The van der Waals surface area contributed by atoms with Crippen LogP contribution in [0.25, 0.3) is 0 Å². The van der Waals surface area contributed by atoms with Crippen LogP contribution in [0.4, 0.5) is 0 Å². The standard InChI is InChI=1S/C11H17N3O3/c1-13(2)7-8-3-4-10(17-8)14-6-5-9(15)12-11(14)16/h5-6,8,10H,3-4,7H2,1-2H3,(H,12,15,16). The van der Waals surface area contributed by atoms with Gasteiger partial charge in [-0.15, -0.1) is 0 Å². The lowest BCUT2D eigenvalue weighted by molar-refractivity contribution is -0.0103. The third-order valence-electron chi connectivity index (χ3n) is 2.82. The third kappa shape index (κ3) is 2.83. The number of nitrogens with zero attached hydrogens (tertiary/aromatic N) is 2. The SMILES string of the molecule is CN(C)CC1CCC(n2ccc(=O)[nH]c2=O)O1. The first-order valence-corrected chi connectivity index (χ1v) is 5.68. The Bertz CT molecular complexity index is 491. The first kappa shape index (κ1) is 12.1. The second-order valence-corrected chi connectivity index (χ2v) is 4.57. The molecule has 1 fully saturated rings. The number of ether oxygens (including phenoxy) is 1. The van der Waals surface area contributed by atoms with Gasteiger partial charge in [0.15, 0.2) is 0 Å². The molecular weight excluding hydrogens is 222 g/mol. The van der Waals surface area contributed by atoms with E-state index in [-0.39, 0.29) is 17.9 Å². The fourth-order valence-electron chi connectivity index (χ4n) is 2.09. The van der Waals surface area contributed by atoms with E-state index < -0.39 is 5.69 Å². The molecule has 2 atom stereocenters. The molecule has 1 aromatic rings. The summed E-state index contributed by atoms with van der Waals surface area (Å²) < 4.78 is 7.22. The summed E-state index contributed by atoms with van der Waals surface area (Å²) in [4.78, 5) is 26.8. The maximum atomic E-state index is 11.6. The van der Waals surface area contributed by atoms with E-state index in [0.29, 0.717) is 0 Å². The van der Waals surface area contributed by atoms with Crippen LogP contribution in [0.3, 0.4) is 0 Å². The lowest BCUT2D eigenvalue weighted by Gasteiger charge is -2.18. The summed E-state index contributed by atoms with van der Waals surface area (Å²) in [6, 6.07) is 1.34. The molecule has 1 aromatic heterocycles. The van der Waals surface area contributed by atoms with E-state index in [1.54, 1.807) is 0 Å². The Morgan fingerprint density at radius 2 is 2.24 bits per heavy atom. The van der Waals surface area contributed by atoms with Gasteiger partial charge in [0.2, 0.25) is 0 Å². The minimum absolute atomic E-state index is 0.147. The minimum Gasteiger partial charge on any atom is -0.353 e. The van der Waals surface area contributed by atoms with Crippen molar-refractivity contribution in [1.82, 2.24) is 14.5 Å². The summed E-state index contributed by atoms with van der Waals surface area (Å²) in [5, 5.41) is 0. The highest BCUT2D eigenvalue weighted by Crippen LogP contribution is 2.26. The lowest BCUT2D eigenvalue weighted by atomic mass is 10.2. The molecule has 6 heteroatoms. The second-order valence-electron chi connectivity index (χ2n) is 4.57. The van der Waals surface area contributed by atoms with Gasteiger partial charge in [0.1, 0.15) is 6.23 Å². The molecule has 1 N–H and O–H groups in total. The first-order valence-electron chi connectivity index (χ1n) is 5.68. The van der Waals surface area contributed by atoms with Gasteiger partial charge < -0.3 is 9.64 Å². The summed E-state index contributed by atoms with van der Waals surface area (Å²) in [6.07, 6.45) is 3.10. The van der Waals surface area contributed by atoms with Crippen LogP contribution in [0.5, 0.6) is 0 Å². The third-order valence-corrected chi connectivity index (χ3v) is 2.82. The number of aromatic amines is 1. The maximum Gasteiger partial charge on any atom is 0.330 e. The van der Waals surface area contributed by atoms with E-state index in [1.807, 2.05) is 14.1 Å². The molecule has 2 unspecified atom stereocenters. The fourth-order valence-corrected chi connectivity index (χ4v) is 2.09. The average Bonchev–Trinajstić information content (AvgIpc) is 2.65. The number of aromatic nitrogens is 2. The lowest BCUT2D eigenvalue weighted by Crippen LogP contribution is -2.32.